The molecule has 2 heterocycles. The van der Waals surface area contributed by atoms with E-state index in [2.05, 4.69) is 204 Å². The van der Waals surface area contributed by atoms with Crippen LogP contribution in [0.3, 0.4) is 0 Å². The van der Waals surface area contributed by atoms with E-state index in [0.29, 0.717) is 5.92 Å². The molecule has 3 nitrogen and oxygen atoms in total. The smallest absolute Gasteiger partial charge is 0.141 e. The van der Waals surface area contributed by atoms with E-state index < -0.39 is 0 Å². The molecule has 0 radical (unpaired) electrons. The molecule has 2 aromatic heterocycles. The van der Waals surface area contributed by atoms with E-state index in [9.17, 15) is 0 Å². The number of hydrogen-bond acceptors (Lipinski definition) is 2. The highest BCUT2D eigenvalue weighted by atomic mass is 16.3. The Morgan fingerprint density at radius 1 is 0.688 bits per heavy atom. The second-order valence-corrected chi connectivity index (χ2v) is 18.4. The van der Waals surface area contributed by atoms with Crippen molar-refractivity contribution in [2.24, 2.45) is 0 Å². The number of allylic oxidation sites excluding steroid dienone is 9. The number of anilines is 2. The van der Waals surface area contributed by atoms with E-state index in [1.54, 1.807) is 0 Å². The molecular weight excluding hydrogens is 777 g/mol. The van der Waals surface area contributed by atoms with Gasteiger partial charge in [0.2, 0.25) is 0 Å². The van der Waals surface area contributed by atoms with Gasteiger partial charge in [0.05, 0.1) is 10.9 Å². The van der Waals surface area contributed by atoms with E-state index in [0.717, 1.165) is 49.1 Å². The minimum absolute atomic E-state index is 0.287. The van der Waals surface area contributed by atoms with E-state index in [1.165, 1.54) is 103 Å². The van der Waals surface area contributed by atoms with Crippen molar-refractivity contribution in [3.05, 3.63) is 245 Å². The van der Waals surface area contributed by atoms with Crippen LogP contribution in [0, 0.1) is 0 Å². The minimum atomic E-state index is -0.358. The minimum Gasteiger partial charge on any atom is -0.456 e. The second-order valence-electron chi connectivity index (χ2n) is 18.4. The maximum Gasteiger partial charge on any atom is 0.141 e. The van der Waals surface area contributed by atoms with Crippen LogP contribution < -0.4 is 4.90 Å². The maximum atomic E-state index is 6.88. The molecule has 3 unspecified atom stereocenters. The van der Waals surface area contributed by atoms with Crippen molar-refractivity contribution in [1.29, 1.82) is 0 Å². The third kappa shape index (κ3) is 5.66. The Bertz CT molecular complexity index is 3280. The summed E-state index contributed by atoms with van der Waals surface area (Å²) >= 11 is 0. The van der Waals surface area contributed by atoms with Gasteiger partial charge in [0.15, 0.2) is 0 Å². The average Bonchev–Trinajstić information content (AvgIpc) is 4.01. The average molecular weight is 827 g/mol. The van der Waals surface area contributed by atoms with Gasteiger partial charge in [-0.2, -0.15) is 0 Å². The van der Waals surface area contributed by atoms with E-state index in [1.807, 2.05) is 0 Å². The van der Waals surface area contributed by atoms with Gasteiger partial charge >= 0.3 is 0 Å². The Morgan fingerprint density at radius 3 is 2.31 bits per heavy atom. The van der Waals surface area contributed by atoms with Gasteiger partial charge in [-0.05, 0) is 134 Å². The van der Waals surface area contributed by atoms with Gasteiger partial charge in [0, 0.05) is 62.2 Å². The van der Waals surface area contributed by atoms with Crippen molar-refractivity contribution in [1.82, 2.24) is 4.57 Å². The number of aromatic nitrogens is 1. The molecule has 310 valence electrons. The van der Waals surface area contributed by atoms with E-state index >= 15 is 0 Å². The van der Waals surface area contributed by atoms with Crippen molar-refractivity contribution < 1.29 is 4.42 Å². The Kier molecular flexibility index (Phi) is 8.79. The zero-order valence-electron chi connectivity index (χ0n) is 36.1. The number of aryl methyl sites for hydroxylation is 1. The van der Waals surface area contributed by atoms with Gasteiger partial charge in [-0.15, -0.1) is 0 Å². The fraction of sp³-hybridized carbons (Fsp3) is 0.180. The van der Waals surface area contributed by atoms with Crippen LogP contribution in [0.5, 0.6) is 0 Å². The summed E-state index contributed by atoms with van der Waals surface area (Å²) in [5, 5.41) is 2.45. The third-order valence-corrected chi connectivity index (χ3v) is 15.1. The largest absolute Gasteiger partial charge is 0.456 e. The molecule has 0 aliphatic heterocycles. The van der Waals surface area contributed by atoms with E-state index in [4.69, 9.17) is 4.42 Å². The molecule has 0 bridgehead atoms. The lowest BCUT2D eigenvalue weighted by atomic mass is 9.64. The first kappa shape index (κ1) is 37.5. The van der Waals surface area contributed by atoms with Crippen molar-refractivity contribution in [3.63, 3.8) is 0 Å². The van der Waals surface area contributed by atoms with Crippen LogP contribution in [-0.2, 0) is 18.3 Å². The van der Waals surface area contributed by atoms with Gasteiger partial charge in [0.25, 0.3) is 0 Å². The lowest BCUT2D eigenvalue weighted by Gasteiger charge is -2.40. The molecule has 5 aliphatic rings. The number of rotatable bonds is 7. The molecule has 0 fully saturated rings. The second kappa shape index (κ2) is 15.0. The standard InChI is InChI=1S/C61H50N2O/c1-5-17-41(18-6-1)42-29-31-46(32-30-42)62(48-33-35-50-49-25-13-15-27-54(49)61(55(50)40-48,43-19-7-2-8-20-43)44-21-9-3-10-22-44)47-34-37-56-53(39-47)59-57(63(56)45-23-11-4-12-24-45)38-36-52-51-26-14-16-28-58(51)64-60(52)59/h2-5,7-9,11-17,19-21,23-34,37,39-41,50H,1,6,10,18,22,35-36,38H2. The van der Waals surface area contributed by atoms with Crippen LogP contribution in [0.4, 0.5) is 11.4 Å². The highest BCUT2D eigenvalue weighted by Crippen LogP contribution is 2.61. The number of hydrogen-bond donors (Lipinski definition) is 0. The number of nitrogens with zero attached hydrogens (tertiary/aromatic N) is 2. The van der Waals surface area contributed by atoms with Gasteiger partial charge < -0.3 is 13.9 Å². The number of furan rings is 1. The Balaban J connectivity index is 1.04. The molecular formula is C61H50N2O. The summed E-state index contributed by atoms with van der Waals surface area (Å²) in [7, 11) is 0. The molecule has 0 saturated heterocycles. The highest BCUT2D eigenvalue weighted by molar-refractivity contribution is 6.04. The predicted molar refractivity (Wildman–Crippen MR) is 264 cm³/mol. The summed E-state index contributed by atoms with van der Waals surface area (Å²) in [6.45, 7) is 0. The van der Waals surface area contributed by atoms with Crippen LogP contribution in [0.15, 0.2) is 215 Å². The van der Waals surface area contributed by atoms with Gasteiger partial charge in [-0.1, -0.05) is 145 Å². The zero-order chi connectivity index (χ0) is 42.2. The molecule has 8 aromatic rings. The Morgan fingerprint density at radius 2 is 1.48 bits per heavy atom. The maximum absolute atomic E-state index is 6.88. The first-order valence-electron chi connectivity index (χ1n) is 23.5. The molecule has 64 heavy (non-hydrogen) atoms. The van der Waals surface area contributed by atoms with Crippen LogP contribution in [0.1, 0.15) is 83.9 Å². The lowest BCUT2D eigenvalue weighted by molar-refractivity contribution is 0.620. The van der Waals surface area contributed by atoms with Gasteiger partial charge in [0.1, 0.15) is 11.3 Å². The fourth-order valence-electron chi connectivity index (χ4n) is 12.3. The van der Waals surface area contributed by atoms with Crippen LogP contribution in [0.25, 0.3) is 38.9 Å². The normalized spacial score (nSPS) is 20.8. The molecule has 3 atom stereocenters. The number of para-hydroxylation sites is 2. The summed E-state index contributed by atoms with van der Waals surface area (Å²) in [5.41, 5.74) is 19.0. The molecule has 6 aromatic carbocycles. The topological polar surface area (TPSA) is 21.3 Å². The summed E-state index contributed by atoms with van der Waals surface area (Å²) in [5.74, 6) is 1.77. The molecule has 5 aliphatic carbocycles. The van der Waals surface area contributed by atoms with Crippen LogP contribution in [0.2, 0.25) is 0 Å². The molecule has 13 rings (SSSR count). The van der Waals surface area contributed by atoms with Crippen LogP contribution in [-0.4, -0.2) is 4.57 Å². The SMILES string of the molecule is C1=CCCC(C2(c3ccccc3)C3=CC(N(c4ccc(C5C=CCCC5)cc4)c4ccc5c(c4)c4c(n5-c5ccccc5)CCc5c-4oc4ccccc54)=CCC3c3ccccc32)=C1. The highest BCUT2D eigenvalue weighted by Gasteiger charge is 2.51. The quantitative estimate of drug-likeness (QED) is 0.149. The first-order valence-corrected chi connectivity index (χ1v) is 23.5. The molecule has 0 spiro atoms. The zero-order valence-corrected chi connectivity index (χ0v) is 36.1. The van der Waals surface area contributed by atoms with Crippen LogP contribution >= 0.6 is 0 Å². The van der Waals surface area contributed by atoms with E-state index in [-0.39, 0.29) is 11.3 Å². The molecule has 0 N–H and O–H groups in total. The fourth-order valence-corrected chi connectivity index (χ4v) is 12.3. The summed E-state index contributed by atoms with van der Waals surface area (Å²) in [4.78, 5) is 2.55. The van der Waals surface area contributed by atoms with Gasteiger partial charge in [-0.3, -0.25) is 0 Å². The van der Waals surface area contributed by atoms with Crippen molar-refractivity contribution in [2.75, 3.05) is 4.90 Å². The van der Waals surface area contributed by atoms with Crippen molar-refractivity contribution in [2.45, 2.75) is 68.6 Å². The number of fused-ring (bicyclic) bond motifs is 10. The summed E-state index contributed by atoms with van der Waals surface area (Å²) in [6.07, 6.45) is 25.5. The van der Waals surface area contributed by atoms with Crippen molar-refractivity contribution in [3.8, 4) is 17.0 Å². The van der Waals surface area contributed by atoms with Crippen molar-refractivity contribution >= 4 is 33.2 Å². The molecule has 3 heteroatoms. The molecule has 0 amide bonds. The summed E-state index contributed by atoms with van der Waals surface area (Å²) < 4.78 is 9.37. The first-order chi connectivity index (χ1) is 31.8. The number of benzene rings is 6. The Hall–Kier alpha value is -7.10. The summed E-state index contributed by atoms with van der Waals surface area (Å²) in [6, 6.07) is 56.8. The lowest BCUT2D eigenvalue weighted by Crippen LogP contribution is -2.32. The third-order valence-electron chi connectivity index (χ3n) is 15.1. The Labute approximate surface area is 375 Å². The monoisotopic (exact) mass is 826 g/mol. The molecule has 0 saturated carbocycles. The van der Waals surface area contributed by atoms with Gasteiger partial charge in [-0.25, -0.2) is 0 Å². The predicted octanol–water partition coefficient (Wildman–Crippen LogP) is 15.7.